The average Bonchev–Trinajstić information content (AvgIpc) is 0.918. The van der Waals surface area contributed by atoms with Gasteiger partial charge in [-0.05, 0) is 0 Å². The molecule has 36 valence electrons. The summed E-state index contributed by atoms with van der Waals surface area (Å²) in [5, 5.41) is 0. The fourth-order valence-electron chi connectivity index (χ4n) is 0. The fraction of sp³-hybridized carbons (Fsp3) is 0. The minimum atomic E-state index is 0. The first-order chi connectivity index (χ1) is 1.41. The molecular formula is H2Cl2N2Pt. The molecule has 0 heterocycles. The van der Waals surface area contributed by atoms with E-state index in [9.17, 15) is 0 Å². The Morgan fingerprint density at radius 1 is 1.20 bits per heavy atom. The second-order valence-electron chi connectivity index (χ2n) is 0.0639. The summed E-state index contributed by atoms with van der Waals surface area (Å²) in [5.41, 5.74) is 0. The zero-order valence-corrected chi connectivity index (χ0v) is 5.88. The van der Waals surface area contributed by atoms with Crippen LogP contribution in [-0.2, 0) is 21.1 Å². The molecule has 5 heteroatoms. The van der Waals surface area contributed by atoms with E-state index in [1.807, 2.05) is 0 Å². The number of rotatable bonds is 0. The van der Waals surface area contributed by atoms with Crippen LogP contribution in [0, 0.1) is 0 Å². The van der Waals surface area contributed by atoms with Crippen molar-refractivity contribution >= 4 is 23.6 Å². The summed E-state index contributed by atoms with van der Waals surface area (Å²) in [4.78, 5) is 0. The standard InChI is InChI=1S/Cl2N.H2N.Pt/c1-3-2;;/h;1H2;/q2*-1;+2. The first-order valence-corrected chi connectivity index (χ1v) is 1.01. The van der Waals surface area contributed by atoms with Gasteiger partial charge in [0.2, 0.25) is 0 Å². The van der Waals surface area contributed by atoms with E-state index in [2.05, 4.69) is 27.9 Å². The van der Waals surface area contributed by atoms with Crippen LogP contribution in [0.5, 0.6) is 0 Å². The molecule has 0 amide bonds. The minimum Gasteiger partial charge on any atom is -0.693 e. The Morgan fingerprint density at radius 2 is 1.20 bits per heavy atom. The number of hydrogen-bond donors (Lipinski definition) is 0. The normalized spacial score (nSPS) is 3.60. The SMILES string of the molecule is Cl[N-]Cl.[NH2-].[Pt+2]. The molecule has 0 radical (unpaired) electrons. The van der Waals surface area contributed by atoms with Gasteiger partial charge in [-0.2, -0.15) is 0 Å². The van der Waals surface area contributed by atoms with Gasteiger partial charge in [0.05, 0.1) is 0 Å². The maximum atomic E-state index is 4.39. The van der Waals surface area contributed by atoms with Crippen molar-refractivity contribution in [1.29, 1.82) is 0 Å². The maximum absolute atomic E-state index is 4.39. The van der Waals surface area contributed by atoms with Crippen molar-refractivity contribution in [2.75, 3.05) is 0 Å². The molecule has 0 aromatic rings. The van der Waals surface area contributed by atoms with E-state index >= 15 is 0 Å². The summed E-state index contributed by atoms with van der Waals surface area (Å²) in [6.45, 7) is 0. The largest absolute Gasteiger partial charge is 2.00 e. The quantitative estimate of drug-likeness (QED) is 0.659. The van der Waals surface area contributed by atoms with Crippen LogP contribution in [0.25, 0.3) is 10.5 Å². The Kier molecular flexibility index (Phi) is 62.3. The molecule has 0 aromatic heterocycles. The third-order valence-corrected chi connectivity index (χ3v) is 0. The molecule has 0 bridgehead atoms. The molecule has 0 fully saturated rings. The van der Waals surface area contributed by atoms with Crippen LogP contribution in [0.4, 0.5) is 0 Å². The molecule has 2 nitrogen and oxygen atoms in total. The first-order valence-electron chi connectivity index (χ1n) is 0.338. The number of nitrogens with zero attached hydrogens (tertiary/aromatic N) is 1. The van der Waals surface area contributed by atoms with Crippen molar-refractivity contribution in [1.82, 2.24) is 0 Å². The summed E-state index contributed by atoms with van der Waals surface area (Å²) in [5.74, 6) is 0. The Balaban J connectivity index is -0.0000000200. The summed E-state index contributed by atoms with van der Waals surface area (Å²) in [6.07, 6.45) is 0. The molecular weight excluding hydrogens is 294 g/mol. The van der Waals surface area contributed by atoms with Crippen LogP contribution in [0.1, 0.15) is 0 Å². The van der Waals surface area contributed by atoms with Crippen molar-refractivity contribution in [2.24, 2.45) is 0 Å². The Hall–Kier alpha value is 1.19. The molecule has 5 heavy (non-hydrogen) atoms. The van der Waals surface area contributed by atoms with Crippen LogP contribution in [0.3, 0.4) is 0 Å². The summed E-state index contributed by atoms with van der Waals surface area (Å²) < 4.78 is 2.44. The van der Waals surface area contributed by atoms with Crippen LogP contribution in [0.15, 0.2) is 0 Å². The topological polar surface area (TPSA) is 47.6 Å². The van der Waals surface area contributed by atoms with Gasteiger partial charge >= 0.3 is 21.1 Å². The van der Waals surface area contributed by atoms with Crippen LogP contribution >= 0.6 is 23.6 Å². The molecule has 0 aliphatic heterocycles. The van der Waals surface area contributed by atoms with Gasteiger partial charge in [-0.1, -0.05) is 0 Å². The molecule has 0 saturated carbocycles. The summed E-state index contributed by atoms with van der Waals surface area (Å²) in [6, 6.07) is 0. The molecule has 0 aliphatic carbocycles. The van der Waals surface area contributed by atoms with Crippen molar-refractivity contribution in [2.45, 2.75) is 0 Å². The minimum absolute atomic E-state index is 0. The van der Waals surface area contributed by atoms with Gasteiger partial charge in [0.15, 0.2) is 0 Å². The third kappa shape index (κ3) is 37.3. The van der Waals surface area contributed by atoms with Gasteiger partial charge in [-0.15, -0.1) is 0 Å². The van der Waals surface area contributed by atoms with Crippen LogP contribution < -0.4 is 0 Å². The molecule has 0 atom stereocenters. The molecule has 0 unspecified atom stereocenters. The van der Waals surface area contributed by atoms with Gasteiger partial charge in [0.1, 0.15) is 0 Å². The van der Waals surface area contributed by atoms with E-state index in [0.29, 0.717) is 0 Å². The molecule has 0 saturated heterocycles. The van der Waals surface area contributed by atoms with Crippen LogP contribution in [-0.4, -0.2) is 0 Å². The third-order valence-electron chi connectivity index (χ3n) is 0. The van der Waals surface area contributed by atoms with Crippen molar-refractivity contribution in [3.05, 3.63) is 10.5 Å². The first kappa shape index (κ1) is 16.4. The smallest absolute Gasteiger partial charge is 0.693 e. The summed E-state index contributed by atoms with van der Waals surface area (Å²) >= 11 is 8.78. The zero-order chi connectivity index (χ0) is 2.71. The Labute approximate surface area is 55.3 Å². The van der Waals surface area contributed by atoms with Crippen molar-refractivity contribution in [3.8, 4) is 0 Å². The van der Waals surface area contributed by atoms with E-state index in [0.717, 1.165) is 0 Å². The van der Waals surface area contributed by atoms with Crippen molar-refractivity contribution in [3.63, 3.8) is 0 Å². The van der Waals surface area contributed by atoms with Gasteiger partial charge in [-0.25, -0.2) is 0 Å². The molecule has 0 rings (SSSR count). The van der Waals surface area contributed by atoms with E-state index in [1.165, 1.54) is 0 Å². The fourth-order valence-corrected chi connectivity index (χ4v) is 0. The van der Waals surface area contributed by atoms with E-state index in [4.69, 9.17) is 0 Å². The number of nitrogens with two attached hydrogens (primary N) is 1. The van der Waals surface area contributed by atoms with E-state index in [-0.39, 0.29) is 27.2 Å². The van der Waals surface area contributed by atoms with Gasteiger partial charge in [0.25, 0.3) is 0 Å². The van der Waals surface area contributed by atoms with Gasteiger partial charge in [0, 0.05) is 0 Å². The van der Waals surface area contributed by atoms with E-state index < -0.39 is 0 Å². The van der Waals surface area contributed by atoms with Crippen LogP contribution in [0.2, 0.25) is 0 Å². The zero-order valence-electron chi connectivity index (χ0n) is 2.10. The number of halogens is 2. The average molecular weight is 296 g/mol. The maximum Gasteiger partial charge on any atom is 2.00 e. The van der Waals surface area contributed by atoms with Gasteiger partial charge in [-0.3, -0.25) is 23.6 Å². The molecule has 0 spiro atoms. The molecule has 0 aromatic carbocycles. The van der Waals surface area contributed by atoms with Gasteiger partial charge < -0.3 is 10.5 Å². The Bertz CT molecular complexity index is 7.61. The predicted molar refractivity (Wildman–Crippen MR) is 20.3 cm³/mol. The predicted octanol–water partition coefficient (Wildman–Crippen LogP) is 2.38. The second-order valence-corrected chi connectivity index (χ2v) is 0.575. The summed E-state index contributed by atoms with van der Waals surface area (Å²) in [7, 11) is 0. The monoisotopic (exact) mass is 295 g/mol. The molecule has 0 aliphatic rings. The van der Waals surface area contributed by atoms with E-state index in [1.54, 1.807) is 0 Å². The Morgan fingerprint density at radius 3 is 1.20 bits per heavy atom. The molecule has 2 N–H and O–H groups in total. The van der Waals surface area contributed by atoms with Crippen molar-refractivity contribution < 1.29 is 21.1 Å². The second kappa shape index (κ2) is 19.0. The number of hydrogen-bond acceptors (Lipinski definition) is 0.